The fourth-order valence-corrected chi connectivity index (χ4v) is 2.47. The van der Waals surface area contributed by atoms with E-state index in [0.717, 1.165) is 23.1 Å². The Balaban J connectivity index is 2.36. The van der Waals surface area contributed by atoms with E-state index < -0.39 is 5.60 Å². The SMILES string of the molecule is CCCOc1cc(-c2ccc(O)cc2)ccc1/C=C(\C)C(=O)OC(C)(C)C. The van der Waals surface area contributed by atoms with Crippen LogP contribution in [0.25, 0.3) is 17.2 Å². The molecule has 0 fully saturated rings. The second-order valence-electron chi connectivity index (χ2n) is 7.48. The van der Waals surface area contributed by atoms with Gasteiger partial charge in [0.1, 0.15) is 17.1 Å². The van der Waals surface area contributed by atoms with Crippen LogP contribution in [0.5, 0.6) is 11.5 Å². The van der Waals surface area contributed by atoms with Crippen molar-refractivity contribution in [1.29, 1.82) is 0 Å². The van der Waals surface area contributed by atoms with Crippen LogP contribution < -0.4 is 4.74 Å². The smallest absolute Gasteiger partial charge is 0.334 e. The third-order valence-electron chi connectivity index (χ3n) is 3.77. The fraction of sp³-hybridized carbons (Fsp3) is 0.348. The zero-order valence-corrected chi connectivity index (χ0v) is 16.7. The minimum absolute atomic E-state index is 0.230. The van der Waals surface area contributed by atoms with E-state index >= 15 is 0 Å². The minimum atomic E-state index is -0.531. The van der Waals surface area contributed by atoms with Gasteiger partial charge in [-0.15, -0.1) is 0 Å². The van der Waals surface area contributed by atoms with Crippen molar-refractivity contribution in [2.45, 2.75) is 46.6 Å². The molecule has 0 spiro atoms. The molecule has 2 aromatic rings. The van der Waals surface area contributed by atoms with Gasteiger partial charge >= 0.3 is 5.97 Å². The summed E-state index contributed by atoms with van der Waals surface area (Å²) in [5.74, 6) is 0.602. The maximum Gasteiger partial charge on any atom is 0.334 e. The number of rotatable bonds is 6. The number of esters is 1. The molecule has 0 saturated carbocycles. The summed E-state index contributed by atoms with van der Waals surface area (Å²) in [6, 6.07) is 12.9. The summed E-state index contributed by atoms with van der Waals surface area (Å²) in [7, 11) is 0. The van der Waals surface area contributed by atoms with Crippen molar-refractivity contribution in [2.24, 2.45) is 0 Å². The largest absolute Gasteiger partial charge is 0.508 e. The maximum absolute atomic E-state index is 12.3. The number of hydrogen-bond donors (Lipinski definition) is 1. The summed E-state index contributed by atoms with van der Waals surface area (Å²) < 4.78 is 11.3. The summed E-state index contributed by atoms with van der Waals surface area (Å²) in [5.41, 5.74) is 2.77. The van der Waals surface area contributed by atoms with E-state index in [1.54, 1.807) is 25.1 Å². The van der Waals surface area contributed by atoms with Gasteiger partial charge < -0.3 is 14.6 Å². The van der Waals surface area contributed by atoms with Crippen molar-refractivity contribution < 1.29 is 19.4 Å². The van der Waals surface area contributed by atoms with Gasteiger partial charge in [-0.25, -0.2) is 4.79 Å². The topological polar surface area (TPSA) is 55.8 Å². The molecule has 0 aromatic heterocycles. The lowest BCUT2D eigenvalue weighted by Crippen LogP contribution is -2.24. The Morgan fingerprint density at radius 3 is 2.30 bits per heavy atom. The molecule has 0 heterocycles. The number of aromatic hydroxyl groups is 1. The Morgan fingerprint density at radius 2 is 1.70 bits per heavy atom. The zero-order valence-electron chi connectivity index (χ0n) is 16.7. The second kappa shape index (κ2) is 8.76. The highest BCUT2D eigenvalue weighted by Crippen LogP contribution is 2.30. The van der Waals surface area contributed by atoms with Crippen LogP contribution in [0.2, 0.25) is 0 Å². The van der Waals surface area contributed by atoms with Gasteiger partial charge in [0.05, 0.1) is 6.61 Å². The van der Waals surface area contributed by atoms with Crippen LogP contribution >= 0.6 is 0 Å². The molecule has 144 valence electrons. The number of carbonyl (C=O) groups is 1. The van der Waals surface area contributed by atoms with E-state index in [4.69, 9.17) is 9.47 Å². The van der Waals surface area contributed by atoms with Crippen molar-refractivity contribution in [3.05, 3.63) is 53.6 Å². The molecule has 0 aliphatic carbocycles. The molecule has 1 N–H and O–H groups in total. The van der Waals surface area contributed by atoms with Gasteiger partial charge in [-0.3, -0.25) is 0 Å². The predicted molar refractivity (Wildman–Crippen MR) is 109 cm³/mol. The van der Waals surface area contributed by atoms with E-state index in [1.807, 2.05) is 58.0 Å². The highest BCUT2D eigenvalue weighted by atomic mass is 16.6. The molecule has 0 unspecified atom stereocenters. The first-order valence-electron chi connectivity index (χ1n) is 9.17. The van der Waals surface area contributed by atoms with E-state index in [2.05, 4.69) is 0 Å². The van der Waals surface area contributed by atoms with Crippen molar-refractivity contribution in [3.8, 4) is 22.6 Å². The molecule has 2 rings (SSSR count). The first-order chi connectivity index (χ1) is 12.7. The van der Waals surface area contributed by atoms with Crippen molar-refractivity contribution in [3.63, 3.8) is 0 Å². The fourth-order valence-electron chi connectivity index (χ4n) is 2.47. The summed E-state index contributed by atoms with van der Waals surface area (Å²) in [4.78, 5) is 12.3. The average Bonchev–Trinajstić information content (AvgIpc) is 2.60. The number of benzene rings is 2. The lowest BCUT2D eigenvalue weighted by Gasteiger charge is -2.19. The predicted octanol–water partition coefficient (Wildman–Crippen LogP) is 5.59. The Morgan fingerprint density at radius 1 is 1.07 bits per heavy atom. The minimum Gasteiger partial charge on any atom is -0.508 e. The monoisotopic (exact) mass is 368 g/mol. The Kier molecular flexibility index (Phi) is 6.67. The number of hydrogen-bond acceptors (Lipinski definition) is 4. The molecule has 0 aliphatic rings. The molecule has 2 aromatic carbocycles. The van der Waals surface area contributed by atoms with Crippen LogP contribution in [0.3, 0.4) is 0 Å². The van der Waals surface area contributed by atoms with Crippen LogP contribution in [0, 0.1) is 0 Å². The van der Waals surface area contributed by atoms with Crippen molar-refractivity contribution >= 4 is 12.0 Å². The van der Waals surface area contributed by atoms with Gasteiger partial charge in [-0.05, 0) is 69.5 Å². The molecule has 0 amide bonds. The normalized spacial score (nSPS) is 12.0. The van der Waals surface area contributed by atoms with Gasteiger partial charge in [-0.2, -0.15) is 0 Å². The first-order valence-corrected chi connectivity index (χ1v) is 9.17. The first kappa shape index (κ1) is 20.6. The molecular formula is C23H28O4. The Bertz CT molecular complexity index is 811. The number of phenols is 1. The van der Waals surface area contributed by atoms with Crippen LogP contribution in [0.4, 0.5) is 0 Å². The summed E-state index contributed by atoms with van der Waals surface area (Å²) >= 11 is 0. The van der Waals surface area contributed by atoms with Crippen LogP contribution in [-0.2, 0) is 9.53 Å². The standard InChI is InChI=1S/C23H28O4/c1-6-13-26-21-15-18(17-9-11-20(24)12-10-17)7-8-19(21)14-16(2)22(25)27-23(3,4)5/h7-12,14-15,24H,6,13H2,1-5H3/b16-14+. The molecule has 0 atom stereocenters. The molecule has 0 saturated heterocycles. The molecule has 4 heteroatoms. The summed E-state index contributed by atoms with van der Waals surface area (Å²) in [6.07, 6.45) is 2.68. The highest BCUT2D eigenvalue weighted by molar-refractivity contribution is 5.93. The highest BCUT2D eigenvalue weighted by Gasteiger charge is 2.18. The van der Waals surface area contributed by atoms with Gasteiger partial charge in [0.15, 0.2) is 0 Å². The van der Waals surface area contributed by atoms with Crippen LogP contribution in [0.1, 0.15) is 46.6 Å². The zero-order chi connectivity index (χ0) is 20.0. The molecule has 0 bridgehead atoms. The number of ether oxygens (including phenoxy) is 2. The van der Waals surface area contributed by atoms with E-state index in [1.165, 1.54) is 0 Å². The third kappa shape index (κ3) is 6.17. The Hall–Kier alpha value is -2.75. The molecule has 0 radical (unpaired) electrons. The Labute approximate surface area is 161 Å². The average molecular weight is 368 g/mol. The summed E-state index contributed by atoms with van der Waals surface area (Å²) in [5, 5.41) is 9.47. The molecule has 0 aliphatic heterocycles. The number of phenolic OH excluding ortho intramolecular Hbond substituents is 1. The van der Waals surface area contributed by atoms with Gasteiger partial charge in [0.2, 0.25) is 0 Å². The lowest BCUT2D eigenvalue weighted by atomic mass is 10.0. The van der Waals surface area contributed by atoms with Crippen molar-refractivity contribution in [2.75, 3.05) is 6.61 Å². The number of carbonyl (C=O) groups excluding carboxylic acids is 1. The van der Waals surface area contributed by atoms with Crippen LogP contribution in [0.15, 0.2) is 48.0 Å². The van der Waals surface area contributed by atoms with Gasteiger partial charge in [-0.1, -0.05) is 31.2 Å². The van der Waals surface area contributed by atoms with E-state index in [0.29, 0.717) is 17.9 Å². The third-order valence-corrected chi connectivity index (χ3v) is 3.77. The van der Waals surface area contributed by atoms with Crippen molar-refractivity contribution in [1.82, 2.24) is 0 Å². The van der Waals surface area contributed by atoms with Crippen LogP contribution in [-0.4, -0.2) is 23.3 Å². The quantitative estimate of drug-likeness (QED) is 0.533. The van der Waals surface area contributed by atoms with E-state index in [-0.39, 0.29) is 11.7 Å². The molecule has 4 nitrogen and oxygen atoms in total. The van der Waals surface area contributed by atoms with E-state index in [9.17, 15) is 9.90 Å². The second-order valence-corrected chi connectivity index (χ2v) is 7.48. The molecular weight excluding hydrogens is 340 g/mol. The lowest BCUT2D eigenvalue weighted by molar-refractivity contribution is -0.149. The van der Waals surface area contributed by atoms with Gasteiger partial charge in [0, 0.05) is 11.1 Å². The van der Waals surface area contributed by atoms with Gasteiger partial charge in [0.25, 0.3) is 0 Å². The molecule has 27 heavy (non-hydrogen) atoms. The summed E-state index contributed by atoms with van der Waals surface area (Å²) in [6.45, 7) is 9.92. The maximum atomic E-state index is 12.3.